The number of nitrogens with zero attached hydrogens (tertiary/aromatic N) is 3. The minimum Gasteiger partial charge on any atom is -0.351 e. The summed E-state index contributed by atoms with van der Waals surface area (Å²) in [4.78, 5) is 7.74. The molecule has 0 bridgehead atoms. The van der Waals surface area contributed by atoms with Gasteiger partial charge in [-0.2, -0.15) is 5.10 Å². The molecule has 0 aliphatic heterocycles. The van der Waals surface area contributed by atoms with Crippen molar-refractivity contribution in [2.45, 2.75) is 19.5 Å². The summed E-state index contributed by atoms with van der Waals surface area (Å²) in [5.74, 6) is 0.802. The van der Waals surface area contributed by atoms with E-state index in [1.165, 1.54) is 0 Å². The van der Waals surface area contributed by atoms with Crippen molar-refractivity contribution in [2.75, 3.05) is 5.32 Å². The number of fused-ring (bicyclic) bond motifs is 1. The maximum absolute atomic E-state index is 4.49. The third-order valence-electron chi connectivity index (χ3n) is 2.79. The summed E-state index contributed by atoms with van der Waals surface area (Å²) in [7, 11) is 0. The van der Waals surface area contributed by atoms with E-state index in [0.717, 1.165) is 23.5 Å². The Bertz CT molecular complexity index is 593. The molecular weight excluding hydrogens is 226 g/mol. The molecule has 2 aromatic heterocycles. The summed E-state index contributed by atoms with van der Waals surface area (Å²) in [6.45, 7) is 2.92. The van der Waals surface area contributed by atoms with Gasteiger partial charge in [-0.1, -0.05) is 12.1 Å². The smallest absolute Gasteiger partial charge is 0.201 e. The first-order valence-corrected chi connectivity index (χ1v) is 6.00. The highest BCUT2D eigenvalue weighted by Crippen LogP contribution is 2.14. The van der Waals surface area contributed by atoms with Crippen LogP contribution in [0.1, 0.15) is 6.92 Å². The highest BCUT2D eigenvalue weighted by Gasteiger charge is 2.06. The van der Waals surface area contributed by atoms with E-state index in [2.05, 4.69) is 27.3 Å². The first kappa shape index (κ1) is 10.8. The van der Waals surface area contributed by atoms with Crippen LogP contribution in [0.2, 0.25) is 0 Å². The molecule has 1 aromatic carbocycles. The average Bonchev–Trinajstić information content (AvgIpc) is 2.96. The molecule has 18 heavy (non-hydrogen) atoms. The van der Waals surface area contributed by atoms with Gasteiger partial charge in [-0.05, 0) is 25.1 Å². The van der Waals surface area contributed by atoms with E-state index in [1.807, 2.05) is 41.2 Å². The molecule has 0 aliphatic rings. The van der Waals surface area contributed by atoms with E-state index < -0.39 is 0 Å². The van der Waals surface area contributed by atoms with E-state index >= 15 is 0 Å². The number of rotatable bonds is 4. The maximum Gasteiger partial charge on any atom is 0.201 e. The van der Waals surface area contributed by atoms with Crippen LogP contribution in [0.3, 0.4) is 0 Å². The van der Waals surface area contributed by atoms with Gasteiger partial charge in [0, 0.05) is 18.4 Å². The van der Waals surface area contributed by atoms with Gasteiger partial charge in [0.25, 0.3) is 0 Å². The number of hydrogen-bond donors (Lipinski definition) is 2. The molecule has 0 radical (unpaired) electrons. The zero-order valence-electron chi connectivity index (χ0n) is 10.2. The number of para-hydroxylation sites is 2. The summed E-state index contributed by atoms with van der Waals surface area (Å²) in [6, 6.07) is 10.2. The molecule has 1 atom stereocenters. The molecule has 0 spiro atoms. The number of hydrogen-bond acceptors (Lipinski definition) is 3. The van der Waals surface area contributed by atoms with Crippen molar-refractivity contribution in [3.63, 3.8) is 0 Å². The van der Waals surface area contributed by atoms with E-state index in [-0.39, 0.29) is 6.04 Å². The second-order valence-corrected chi connectivity index (χ2v) is 4.38. The fourth-order valence-corrected chi connectivity index (χ4v) is 1.99. The minimum atomic E-state index is 0.255. The highest BCUT2D eigenvalue weighted by atomic mass is 15.3. The molecule has 2 heterocycles. The fraction of sp³-hybridized carbons (Fsp3) is 0.231. The van der Waals surface area contributed by atoms with Crippen molar-refractivity contribution >= 4 is 17.0 Å². The third kappa shape index (κ3) is 2.20. The number of nitrogens with one attached hydrogen (secondary N) is 2. The molecule has 0 fully saturated rings. The van der Waals surface area contributed by atoms with Gasteiger partial charge < -0.3 is 10.3 Å². The molecule has 0 saturated heterocycles. The molecule has 5 heteroatoms. The van der Waals surface area contributed by atoms with Crippen molar-refractivity contribution in [2.24, 2.45) is 0 Å². The number of aromatic nitrogens is 4. The third-order valence-corrected chi connectivity index (χ3v) is 2.79. The Kier molecular flexibility index (Phi) is 2.72. The second-order valence-electron chi connectivity index (χ2n) is 4.38. The standard InChI is InChI=1S/C13H15N5/c1-10(9-18-8-4-7-14-18)15-13-16-11-5-2-3-6-12(11)17-13/h2-8,10H,9H2,1H3,(H2,15,16,17). The van der Waals surface area contributed by atoms with Crippen LogP contribution >= 0.6 is 0 Å². The number of benzene rings is 1. The first-order valence-electron chi connectivity index (χ1n) is 6.00. The van der Waals surface area contributed by atoms with Crippen LogP contribution in [-0.4, -0.2) is 25.8 Å². The Hall–Kier alpha value is -2.30. The summed E-state index contributed by atoms with van der Waals surface area (Å²) in [5, 5.41) is 7.53. The summed E-state index contributed by atoms with van der Waals surface area (Å²) < 4.78 is 1.90. The van der Waals surface area contributed by atoms with Crippen molar-refractivity contribution in [1.82, 2.24) is 19.7 Å². The lowest BCUT2D eigenvalue weighted by Crippen LogP contribution is -2.22. The van der Waals surface area contributed by atoms with E-state index in [0.29, 0.717) is 0 Å². The maximum atomic E-state index is 4.49. The Morgan fingerprint density at radius 3 is 3.00 bits per heavy atom. The zero-order valence-corrected chi connectivity index (χ0v) is 10.2. The van der Waals surface area contributed by atoms with Gasteiger partial charge >= 0.3 is 0 Å². The van der Waals surface area contributed by atoms with Gasteiger partial charge in [-0.15, -0.1) is 0 Å². The Morgan fingerprint density at radius 1 is 1.33 bits per heavy atom. The quantitative estimate of drug-likeness (QED) is 0.736. The van der Waals surface area contributed by atoms with Crippen LogP contribution in [0.15, 0.2) is 42.7 Å². The van der Waals surface area contributed by atoms with Gasteiger partial charge in [0.2, 0.25) is 5.95 Å². The molecule has 3 rings (SSSR count). The number of aromatic amines is 1. The number of imidazole rings is 1. The lowest BCUT2D eigenvalue weighted by atomic mass is 10.3. The molecule has 0 amide bonds. The van der Waals surface area contributed by atoms with Crippen LogP contribution in [0.25, 0.3) is 11.0 Å². The second kappa shape index (κ2) is 4.52. The van der Waals surface area contributed by atoms with Gasteiger partial charge in [-0.3, -0.25) is 4.68 Å². The summed E-state index contributed by atoms with van der Waals surface area (Å²) in [5.41, 5.74) is 2.03. The summed E-state index contributed by atoms with van der Waals surface area (Å²) >= 11 is 0. The van der Waals surface area contributed by atoms with Crippen LogP contribution < -0.4 is 5.32 Å². The average molecular weight is 241 g/mol. The van der Waals surface area contributed by atoms with Gasteiger partial charge in [-0.25, -0.2) is 4.98 Å². The van der Waals surface area contributed by atoms with Crippen LogP contribution in [-0.2, 0) is 6.54 Å². The van der Waals surface area contributed by atoms with Crippen molar-refractivity contribution in [3.05, 3.63) is 42.7 Å². The van der Waals surface area contributed by atoms with E-state index in [9.17, 15) is 0 Å². The number of anilines is 1. The molecule has 1 unspecified atom stereocenters. The SMILES string of the molecule is CC(Cn1cccn1)Nc1nc2ccccc2[nH]1. The van der Waals surface area contributed by atoms with Gasteiger partial charge in [0.05, 0.1) is 17.6 Å². The van der Waals surface area contributed by atoms with Crippen molar-refractivity contribution < 1.29 is 0 Å². The van der Waals surface area contributed by atoms with Gasteiger partial charge in [0.1, 0.15) is 0 Å². The van der Waals surface area contributed by atoms with Crippen molar-refractivity contribution in [1.29, 1.82) is 0 Å². The molecular formula is C13H15N5. The van der Waals surface area contributed by atoms with Crippen LogP contribution in [0.4, 0.5) is 5.95 Å². The highest BCUT2D eigenvalue weighted by molar-refractivity contribution is 5.77. The Labute approximate surface area is 105 Å². The largest absolute Gasteiger partial charge is 0.351 e. The summed E-state index contributed by atoms with van der Waals surface area (Å²) in [6.07, 6.45) is 3.74. The zero-order chi connectivity index (χ0) is 12.4. The molecule has 5 nitrogen and oxygen atoms in total. The predicted molar refractivity (Wildman–Crippen MR) is 71.4 cm³/mol. The molecule has 3 aromatic rings. The lowest BCUT2D eigenvalue weighted by molar-refractivity contribution is 0.559. The topological polar surface area (TPSA) is 58.5 Å². The Balaban J connectivity index is 1.71. The lowest BCUT2D eigenvalue weighted by Gasteiger charge is -2.12. The monoisotopic (exact) mass is 241 g/mol. The van der Waals surface area contributed by atoms with E-state index in [1.54, 1.807) is 6.20 Å². The molecule has 0 saturated carbocycles. The molecule has 0 aliphatic carbocycles. The minimum absolute atomic E-state index is 0.255. The van der Waals surface area contributed by atoms with Crippen molar-refractivity contribution in [3.8, 4) is 0 Å². The predicted octanol–water partition coefficient (Wildman–Crippen LogP) is 2.26. The number of H-pyrrole nitrogens is 1. The van der Waals surface area contributed by atoms with Gasteiger partial charge in [0.15, 0.2) is 0 Å². The Morgan fingerprint density at radius 2 is 2.22 bits per heavy atom. The fourth-order valence-electron chi connectivity index (χ4n) is 1.99. The van der Waals surface area contributed by atoms with Crippen LogP contribution in [0.5, 0.6) is 0 Å². The molecule has 2 N–H and O–H groups in total. The van der Waals surface area contributed by atoms with E-state index in [4.69, 9.17) is 0 Å². The normalized spacial score (nSPS) is 12.7. The first-order chi connectivity index (χ1) is 8.81. The van der Waals surface area contributed by atoms with Crippen LogP contribution in [0, 0.1) is 0 Å². The molecule has 92 valence electrons.